The normalized spacial score (nSPS) is 16.5. The monoisotopic (exact) mass is 364 g/mol. The van der Waals surface area contributed by atoms with Crippen LogP contribution >= 0.6 is 0 Å². The van der Waals surface area contributed by atoms with E-state index in [4.69, 9.17) is 4.74 Å². The summed E-state index contributed by atoms with van der Waals surface area (Å²) in [5, 5.41) is 19.4. The molecule has 0 aromatic heterocycles. The Morgan fingerprint density at radius 2 is 1.65 bits per heavy atom. The Labute approximate surface area is 151 Å². The molecule has 0 bridgehead atoms. The molecule has 1 heterocycles. The van der Waals surface area contributed by atoms with Gasteiger partial charge < -0.3 is 19.8 Å². The minimum absolute atomic E-state index is 0.161. The van der Waals surface area contributed by atoms with Crippen LogP contribution in [0.1, 0.15) is 0 Å². The van der Waals surface area contributed by atoms with Crippen LogP contribution in [0.25, 0.3) is 0 Å². The summed E-state index contributed by atoms with van der Waals surface area (Å²) in [6.07, 6.45) is -0.640. The molecule has 0 radical (unpaired) electrons. The SMILES string of the molecule is Oc1ccc(OC[C@@H](O)CN2CCN(c3ccc(F)c(F)c3)CC2)cc1. The van der Waals surface area contributed by atoms with Crippen LogP contribution < -0.4 is 9.64 Å². The number of ether oxygens (including phenoxy) is 1. The minimum Gasteiger partial charge on any atom is -0.508 e. The Bertz CT molecular complexity index is 719. The molecule has 1 fully saturated rings. The van der Waals surface area contributed by atoms with E-state index in [1.165, 1.54) is 18.2 Å². The summed E-state index contributed by atoms with van der Waals surface area (Å²) in [6, 6.07) is 10.3. The molecule has 0 amide bonds. The number of anilines is 1. The summed E-state index contributed by atoms with van der Waals surface area (Å²) < 4.78 is 31.9. The summed E-state index contributed by atoms with van der Waals surface area (Å²) in [5.41, 5.74) is 0.666. The van der Waals surface area contributed by atoms with Crippen molar-refractivity contribution in [1.29, 1.82) is 0 Å². The minimum atomic E-state index is -0.843. The third kappa shape index (κ3) is 4.83. The molecule has 140 valence electrons. The van der Waals surface area contributed by atoms with Gasteiger partial charge in [-0.2, -0.15) is 0 Å². The molecule has 1 saturated heterocycles. The molecule has 0 aliphatic carbocycles. The van der Waals surface area contributed by atoms with Crippen molar-refractivity contribution in [3.8, 4) is 11.5 Å². The summed E-state index contributed by atoms with van der Waals surface area (Å²) in [7, 11) is 0. The van der Waals surface area contributed by atoms with Gasteiger partial charge in [-0.1, -0.05) is 0 Å². The largest absolute Gasteiger partial charge is 0.508 e. The van der Waals surface area contributed by atoms with Crippen molar-refractivity contribution in [3.05, 3.63) is 54.1 Å². The van der Waals surface area contributed by atoms with Crippen molar-refractivity contribution in [2.24, 2.45) is 0 Å². The number of aliphatic hydroxyl groups is 1. The van der Waals surface area contributed by atoms with Gasteiger partial charge in [0.15, 0.2) is 11.6 Å². The van der Waals surface area contributed by atoms with Gasteiger partial charge in [-0.25, -0.2) is 8.78 Å². The number of hydrogen-bond acceptors (Lipinski definition) is 5. The molecule has 5 nitrogen and oxygen atoms in total. The van der Waals surface area contributed by atoms with Crippen LogP contribution in [0.4, 0.5) is 14.5 Å². The molecule has 7 heteroatoms. The van der Waals surface area contributed by atoms with Crippen molar-refractivity contribution >= 4 is 5.69 Å². The fraction of sp³-hybridized carbons (Fsp3) is 0.368. The summed E-state index contributed by atoms with van der Waals surface area (Å²) in [6.45, 7) is 3.43. The Hall–Kier alpha value is -2.38. The van der Waals surface area contributed by atoms with E-state index in [9.17, 15) is 19.0 Å². The number of aliphatic hydroxyl groups excluding tert-OH is 1. The van der Waals surface area contributed by atoms with Crippen molar-refractivity contribution < 1.29 is 23.7 Å². The average molecular weight is 364 g/mol. The zero-order valence-corrected chi connectivity index (χ0v) is 14.3. The van der Waals surface area contributed by atoms with Gasteiger partial charge in [0.2, 0.25) is 0 Å². The Balaban J connectivity index is 1.43. The molecular formula is C19H22F2N2O3. The molecule has 3 rings (SSSR count). The second-order valence-corrected chi connectivity index (χ2v) is 6.34. The van der Waals surface area contributed by atoms with Crippen LogP contribution in [0.2, 0.25) is 0 Å². The number of hydrogen-bond donors (Lipinski definition) is 2. The highest BCUT2D eigenvalue weighted by Gasteiger charge is 2.20. The molecule has 2 N–H and O–H groups in total. The molecule has 0 saturated carbocycles. The van der Waals surface area contributed by atoms with E-state index < -0.39 is 17.7 Å². The highest BCUT2D eigenvalue weighted by atomic mass is 19.2. The number of benzene rings is 2. The maximum absolute atomic E-state index is 13.4. The fourth-order valence-corrected chi connectivity index (χ4v) is 2.96. The highest BCUT2D eigenvalue weighted by Crippen LogP contribution is 2.20. The van der Waals surface area contributed by atoms with Gasteiger partial charge in [0.25, 0.3) is 0 Å². The van der Waals surface area contributed by atoms with E-state index in [1.807, 2.05) is 4.90 Å². The van der Waals surface area contributed by atoms with Crippen molar-refractivity contribution in [2.75, 3.05) is 44.2 Å². The van der Waals surface area contributed by atoms with E-state index >= 15 is 0 Å². The number of halogens is 2. The van der Waals surface area contributed by atoms with Gasteiger partial charge in [-0.3, -0.25) is 4.90 Å². The lowest BCUT2D eigenvalue weighted by Gasteiger charge is -2.36. The van der Waals surface area contributed by atoms with Crippen molar-refractivity contribution in [2.45, 2.75) is 6.10 Å². The number of β-amino-alcohol motifs (C(OH)–C–C–N with tert-alkyl or cyclic N) is 1. The molecule has 1 atom stereocenters. The van der Waals surface area contributed by atoms with E-state index in [0.29, 0.717) is 31.1 Å². The van der Waals surface area contributed by atoms with Gasteiger partial charge in [-0.15, -0.1) is 0 Å². The number of piperazine rings is 1. The lowest BCUT2D eigenvalue weighted by molar-refractivity contribution is 0.0663. The number of nitrogens with zero attached hydrogens (tertiary/aromatic N) is 2. The molecule has 2 aromatic rings. The first-order valence-electron chi connectivity index (χ1n) is 8.53. The van der Waals surface area contributed by atoms with E-state index in [2.05, 4.69) is 4.90 Å². The summed E-state index contributed by atoms with van der Waals surface area (Å²) >= 11 is 0. The molecule has 0 spiro atoms. The maximum atomic E-state index is 13.4. The molecule has 2 aromatic carbocycles. The van der Waals surface area contributed by atoms with Gasteiger partial charge in [0.1, 0.15) is 24.2 Å². The molecule has 1 aliphatic heterocycles. The quantitative estimate of drug-likeness (QED) is 0.823. The van der Waals surface area contributed by atoms with Gasteiger partial charge in [0.05, 0.1) is 0 Å². The third-order valence-corrected chi connectivity index (χ3v) is 4.39. The predicted molar refractivity (Wildman–Crippen MR) is 94.6 cm³/mol. The number of aromatic hydroxyl groups is 1. The second-order valence-electron chi connectivity index (χ2n) is 6.34. The van der Waals surface area contributed by atoms with Gasteiger partial charge >= 0.3 is 0 Å². The molecule has 26 heavy (non-hydrogen) atoms. The number of rotatable bonds is 6. The molecular weight excluding hydrogens is 342 g/mol. The van der Waals surface area contributed by atoms with Crippen LogP contribution in [-0.4, -0.2) is 60.5 Å². The van der Waals surface area contributed by atoms with E-state index in [-0.39, 0.29) is 12.4 Å². The van der Waals surface area contributed by atoms with E-state index in [0.717, 1.165) is 19.2 Å². The van der Waals surface area contributed by atoms with Crippen LogP contribution in [0.3, 0.4) is 0 Å². The smallest absolute Gasteiger partial charge is 0.160 e. The standard InChI is InChI=1S/C19H22F2N2O3/c20-18-6-1-14(11-19(18)21)23-9-7-22(8-10-23)12-16(25)13-26-17-4-2-15(24)3-5-17/h1-6,11,16,24-25H,7-10,12-13H2/t16-/m0/s1. The highest BCUT2D eigenvalue weighted by molar-refractivity contribution is 5.47. The Morgan fingerprint density at radius 1 is 0.962 bits per heavy atom. The lowest BCUT2D eigenvalue weighted by atomic mass is 10.2. The fourth-order valence-electron chi connectivity index (χ4n) is 2.96. The average Bonchev–Trinajstić information content (AvgIpc) is 2.64. The van der Waals surface area contributed by atoms with Crippen molar-refractivity contribution in [1.82, 2.24) is 4.90 Å². The topological polar surface area (TPSA) is 56.2 Å². The van der Waals surface area contributed by atoms with Crippen LogP contribution in [0, 0.1) is 11.6 Å². The lowest BCUT2D eigenvalue weighted by Crippen LogP contribution is -2.49. The predicted octanol–water partition coefficient (Wildman–Crippen LogP) is 2.23. The van der Waals surface area contributed by atoms with E-state index in [1.54, 1.807) is 18.2 Å². The zero-order chi connectivity index (χ0) is 18.5. The van der Waals surface area contributed by atoms with Gasteiger partial charge in [-0.05, 0) is 36.4 Å². The van der Waals surface area contributed by atoms with Crippen LogP contribution in [-0.2, 0) is 0 Å². The number of phenolic OH excluding ortho intramolecular Hbond substituents is 1. The number of phenols is 1. The summed E-state index contributed by atoms with van der Waals surface area (Å²) in [5.74, 6) is -0.933. The summed E-state index contributed by atoms with van der Waals surface area (Å²) in [4.78, 5) is 4.11. The van der Waals surface area contributed by atoms with Crippen LogP contribution in [0.5, 0.6) is 11.5 Å². The zero-order valence-electron chi connectivity index (χ0n) is 14.3. The first-order valence-corrected chi connectivity index (χ1v) is 8.53. The molecule has 0 unspecified atom stereocenters. The first-order chi connectivity index (χ1) is 12.5. The molecule has 1 aliphatic rings. The third-order valence-electron chi connectivity index (χ3n) is 4.39. The van der Waals surface area contributed by atoms with Gasteiger partial charge in [0, 0.05) is 44.5 Å². The Kier molecular flexibility index (Phi) is 5.90. The Morgan fingerprint density at radius 3 is 2.31 bits per heavy atom. The maximum Gasteiger partial charge on any atom is 0.160 e. The van der Waals surface area contributed by atoms with Crippen molar-refractivity contribution in [3.63, 3.8) is 0 Å². The second kappa shape index (κ2) is 8.33. The van der Waals surface area contributed by atoms with Crippen LogP contribution in [0.15, 0.2) is 42.5 Å². The first kappa shape index (κ1) is 18.4.